The molecule has 0 saturated carbocycles. The van der Waals surface area contributed by atoms with Crippen LogP contribution in [0.3, 0.4) is 0 Å². The lowest BCUT2D eigenvalue weighted by Gasteiger charge is -2.19. The van der Waals surface area contributed by atoms with E-state index in [9.17, 15) is 9.59 Å². The Bertz CT molecular complexity index is 1180. The molecule has 0 fully saturated rings. The second-order valence-electron chi connectivity index (χ2n) is 7.87. The van der Waals surface area contributed by atoms with Crippen molar-refractivity contribution in [1.82, 2.24) is 5.43 Å². The number of carbonyl (C=O) groups excluding carboxylic acids is 2. The summed E-state index contributed by atoms with van der Waals surface area (Å²) in [5, 5.41) is 8.03. The van der Waals surface area contributed by atoms with E-state index in [1.807, 2.05) is 30.3 Å². The molecule has 1 atom stereocenters. The van der Waals surface area contributed by atoms with E-state index < -0.39 is 12.1 Å². The molecule has 2 aromatic rings. The maximum absolute atomic E-state index is 12.4. The molecule has 2 heterocycles. The molecule has 1 amide bonds. The molecule has 0 aromatic heterocycles. The number of esters is 1. The van der Waals surface area contributed by atoms with Crippen molar-refractivity contribution >= 4 is 23.8 Å². The van der Waals surface area contributed by atoms with E-state index in [0.29, 0.717) is 34.1 Å². The molecule has 190 valence electrons. The fourth-order valence-electron chi connectivity index (χ4n) is 3.98. The maximum atomic E-state index is 12.4. The number of carbonyl (C=O) groups is 2. The Kier molecular flexibility index (Phi) is 7.89. The quantitative estimate of drug-likeness (QED) is 0.301. The Hall–Kier alpha value is -4.28. The molecule has 0 radical (unpaired) electrons. The second kappa shape index (κ2) is 11.4. The van der Waals surface area contributed by atoms with Crippen LogP contribution in [0.15, 0.2) is 40.6 Å². The number of methoxy groups -OCH3 is 2. The van der Waals surface area contributed by atoms with Crippen molar-refractivity contribution in [2.24, 2.45) is 10.3 Å². The Morgan fingerprint density at radius 3 is 2.61 bits per heavy atom. The summed E-state index contributed by atoms with van der Waals surface area (Å²) in [6, 6.07) is 9.34. The third-order valence-corrected chi connectivity index (χ3v) is 5.54. The minimum Gasteiger partial charge on any atom is -0.492 e. The molecular formula is C25H27N3O8. The number of hydrogen-bond donors (Lipinski definition) is 1. The molecule has 0 spiro atoms. The number of oxime groups is 1. The topological polar surface area (TPSA) is 126 Å². The van der Waals surface area contributed by atoms with Gasteiger partial charge in [-0.2, -0.15) is 5.10 Å². The number of nitrogens with zero attached hydrogens (tertiary/aromatic N) is 2. The van der Waals surface area contributed by atoms with Gasteiger partial charge in [0.05, 0.1) is 33.5 Å². The van der Waals surface area contributed by atoms with Crippen LogP contribution in [0.4, 0.5) is 0 Å². The fourth-order valence-corrected chi connectivity index (χ4v) is 3.98. The SMILES string of the molecule is CCOC(=O)C1=NOC(Cc2c(C=NNC(=O)Cc3ccccc3)c3c(c(OC)c2OC)OCO3)C1. The highest BCUT2D eigenvalue weighted by Gasteiger charge is 2.34. The maximum Gasteiger partial charge on any atom is 0.356 e. The summed E-state index contributed by atoms with van der Waals surface area (Å²) >= 11 is 0. The third-order valence-electron chi connectivity index (χ3n) is 5.54. The normalized spacial score (nSPS) is 15.9. The number of nitrogens with one attached hydrogen (secondary N) is 1. The van der Waals surface area contributed by atoms with Crippen LogP contribution < -0.4 is 24.4 Å². The first-order valence-electron chi connectivity index (χ1n) is 11.4. The third kappa shape index (κ3) is 5.35. The lowest BCUT2D eigenvalue weighted by atomic mass is 9.96. The van der Waals surface area contributed by atoms with Gasteiger partial charge in [0.1, 0.15) is 6.10 Å². The van der Waals surface area contributed by atoms with Crippen molar-refractivity contribution in [2.75, 3.05) is 27.6 Å². The number of fused-ring (bicyclic) bond motifs is 1. The average molecular weight is 498 g/mol. The Labute approximate surface area is 207 Å². The standard InChI is InChI=1S/C25H27N3O8/c1-4-33-25(30)19-12-16(36-28-19)11-17-18(13-26-27-20(29)10-15-8-6-5-7-9-15)22-24(35-14-34-22)23(32-3)21(17)31-2/h5-9,13,16H,4,10-12,14H2,1-3H3,(H,27,29). The summed E-state index contributed by atoms with van der Waals surface area (Å²) in [6.45, 7) is 1.95. The summed E-state index contributed by atoms with van der Waals surface area (Å²) in [5.74, 6) is 0.721. The molecule has 36 heavy (non-hydrogen) atoms. The molecule has 0 aliphatic carbocycles. The van der Waals surface area contributed by atoms with E-state index in [4.69, 9.17) is 28.5 Å². The molecule has 4 rings (SSSR count). The van der Waals surface area contributed by atoms with Crippen LogP contribution in [0.25, 0.3) is 0 Å². The predicted molar refractivity (Wildman–Crippen MR) is 129 cm³/mol. The Morgan fingerprint density at radius 2 is 1.89 bits per heavy atom. The number of amides is 1. The van der Waals surface area contributed by atoms with Gasteiger partial charge in [-0.05, 0) is 12.5 Å². The fraction of sp³-hybridized carbons (Fsp3) is 0.360. The van der Waals surface area contributed by atoms with Gasteiger partial charge in [0.25, 0.3) is 0 Å². The lowest BCUT2D eigenvalue weighted by molar-refractivity contribution is -0.135. The van der Waals surface area contributed by atoms with Crippen LogP contribution in [0.5, 0.6) is 23.0 Å². The minimum atomic E-state index is -0.516. The number of ether oxygens (including phenoxy) is 5. The van der Waals surface area contributed by atoms with Crippen molar-refractivity contribution in [2.45, 2.75) is 32.3 Å². The van der Waals surface area contributed by atoms with Gasteiger partial charge in [0.2, 0.25) is 24.2 Å². The molecular weight excluding hydrogens is 470 g/mol. The molecule has 1 N–H and O–H groups in total. The van der Waals surface area contributed by atoms with Crippen molar-refractivity contribution in [1.29, 1.82) is 0 Å². The molecule has 11 nitrogen and oxygen atoms in total. The van der Waals surface area contributed by atoms with Crippen molar-refractivity contribution < 1.29 is 38.1 Å². The zero-order valence-corrected chi connectivity index (χ0v) is 20.2. The molecule has 2 aliphatic rings. The minimum absolute atomic E-state index is 0.0183. The predicted octanol–water partition coefficient (Wildman–Crippen LogP) is 2.38. The van der Waals surface area contributed by atoms with Gasteiger partial charge in [-0.15, -0.1) is 0 Å². The smallest absolute Gasteiger partial charge is 0.356 e. The first kappa shape index (κ1) is 24.8. The highest BCUT2D eigenvalue weighted by Crippen LogP contribution is 2.52. The van der Waals surface area contributed by atoms with Crippen molar-refractivity contribution in [3.05, 3.63) is 47.0 Å². The van der Waals surface area contributed by atoms with Crippen LogP contribution in [0.1, 0.15) is 30.0 Å². The first-order valence-corrected chi connectivity index (χ1v) is 11.4. The molecule has 1 unspecified atom stereocenters. The largest absolute Gasteiger partial charge is 0.492 e. The molecule has 2 aliphatic heterocycles. The summed E-state index contributed by atoms with van der Waals surface area (Å²) in [6.07, 6.45) is 1.71. The first-order chi connectivity index (χ1) is 17.5. The van der Waals surface area contributed by atoms with Gasteiger partial charge in [-0.25, -0.2) is 10.2 Å². The number of hydrazone groups is 1. The highest BCUT2D eigenvalue weighted by atomic mass is 16.7. The van der Waals surface area contributed by atoms with E-state index in [2.05, 4.69) is 15.7 Å². The van der Waals surface area contributed by atoms with E-state index in [1.54, 1.807) is 6.92 Å². The summed E-state index contributed by atoms with van der Waals surface area (Å²) in [7, 11) is 3.00. The van der Waals surface area contributed by atoms with Crippen LogP contribution in [-0.4, -0.2) is 57.5 Å². The van der Waals surface area contributed by atoms with Crippen LogP contribution in [-0.2, 0) is 32.0 Å². The highest BCUT2D eigenvalue weighted by molar-refractivity contribution is 6.36. The number of hydrogen-bond acceptors (Lipinski definition) is 10. The lowest BCUT2D eigenvalue weighted by Crippen LogP contribution is -2.21. The molecule has 11 heteroatoms. The summed E-state index contributed by atoms with van der Waals surface area (Å²) in [4.78, 5) is 29.9. The number of benzene rings is 2. The van der Waals surface area contributed by atoms with Crippen LogP contribution in [0, 0.1) is 0 Å². The van der Waals surface area contributed by atoms with Gasteiger partial charge in [-0.1, -0.05) is 35.5 Å². The Balaban J connectivity index is 1.59. The van der Waals surface area contributed by atoms with Gasteiger partial charge >= 0.3 is 5.97 Å². The van der Waals surface area contributed by atoms with Crippen LogP contribution in [0.2, 0.25) is 0 Å². The molecule has 2 aromatic carbocycles. The van der Waals surface area contributed by atoms with E-state index in [1.165, 1.54) is 20.4 Å². The van der Waals surface area contributed by atoms with Gasteiger partial charge < -0.3 is 28.5 Å². The summed E-state index contributed by atoms with van der Waals surface area (Å²) < 4.78 is 27.6. The van der Waals surface area contributed by atoms with Crippen molar-refractivity contribution in [3.63, 3.8) is 0 Å². The van der Waals surface area contributed by atoms with Gasteiger partial charge in [0.15, 0.2) is 17.2 Å². The Morgan fingerprint density at radius 1 is 1.14 bits per heavy atom. The number of rotatable bonds is 10. The molecule has 0 saturated heterocycles. The summed E-state index contributed by atoms with van der Waals surface area (Å²) in [5.41, 5.74) is 4.76. The van der Waals surface area contributed by atoms with E-state index in [-0.39, 0.29) is 44.3 Å². The van der Waals surface area contributed by atoms with E-state index >= 15 is 0 Å². The second-order valence-corrected chi connectivity index (χ2v) is 7.87. The molecule has 0 bridgehead atoms. The van der Waals surface area contributed by atoms with Crippen molar-refractivity contribution in [3.8, 4) is 23.0 Å². The average Bonchev–Trinajstić information content (AvgIpc) is 3.55. The zero-order chi connectivity index (χ0) is 25.5. The zero-order valence-electron chi connectivity index (χ0n) is 20.2. The van der Waals surface area contributed by atoms with Crippen LogP contribution >= 0.6 is 0 Å². The van der Waals surface area contributed by atoms with Gasteiger partial charge in [-0.3, -0.25) is 4.79 Å². The van der Waals surface area contributed by atoms with Gasteiger partial charge in [0, 0.05) is 24.0 Å². The van der Waals surface area contributed by atoms with E-state index in [0.717, 1.165) is 5.56 Å². The monoisotopic (exact) mass is 497 g/mol.